The van der Waals surface area contributed by atoms with Crippen LogP contribution in [0.2, 0.25) is 0 Å². The molecule has 2 N–H and O–H groups in total. The van der Waals surface area contributed by atoms with Crippen molar-refractivity contribution in [1.29, 1.82) is 0 Å². The molecule has 6 nitrogen and oxygen atoms in total. The minimum absolute atomic E-state index is 0.0813. The van der Waals surface area contributed by atoms with E-state index in [1.54, 1.807) is 0 Å². The molecule has 18 heavy (non-hydrogen) atoms. The molecule has 0 heterocycles. The molecule has 0 aromatic heterocycles. The Morgan fingerprint density at radius 3 is 2.61 bits per heavy atom. The van der Waals surface area contributed by atoms with Crippen molar-refractivity contribution in [3.63, 3.8) is 0 Å². The van der Waals surface area contributed by atoms with Gasteiger partial charge in [-0.3, -0.25) is 4.79 Å². The van der Waals surface area contributed by atoms with E-state index in [0.717, 1.165) is 0 Å². The van der Waals surface area contributed by atoms with Crippen molar-refractivity contribution in [2.75, 3.05) is 26.1 Å². The van der Waals surface area contributed by atoms with Crippen molar-refractivity contribution in [3.8, 4) is 5.75 Å². The second kappa shape index (κ2) is 6.61. The Balaban J connectivity index is 2.87. The molecule has 6 heteroatoms. The molecule has 1 aromatic rings. The van der Waals surface area contributed by atoms with Gasteiger partial charge in [-0.1, -0.05) is 0 Å². The van der Waals surface area contributed by atoms with Gasteiger partial charge in [0, 0.05) is 7.11 Å². The summed E-state index contributed by atoms with van der Waals surface area (Å²) in [4.78, 5) is 22.4. The van der Waals surface area contributed by atoms with E-state index in [2.05, 4.69) is 5.32 Å². The molecule has 0 saturated carbocycles. The monoisotopic (exact) mass is 253 g/mol. The van der Waals surface area contributed by atoms with Crippen molar-refractivity contribution < 1.29 is 24.2 Å². The van der Waals surface area contributed by atoms with E-state index in [1.165, 1.54) is 32.4 Å². The zero-order chi connectivity index (χ0) is 13.5. The van der Waals surface area contributed by atoms with Gasteiger partial charge in [-0.25, -0.2) is 4.79 Å². The van der Waals surface area contributed by atoms with Crippen LogP contribution in [-0.4, -0.2) is 37.8 Å². The Labute approximate surface area is 105 Å². The smallest absolute Gasteiger partial charge is 0.335 e. The molecule has 0 aliphatic heterocycles. The van der Waals surface area contributed by atoms with Crippen LogP contribution in [0.1, 0.15) is 16.8 Å². The third-order valence-electron chi connectivity index (χ3n) is 2.25. The molecular weight excluding hydrogens is 238 g/mol. The Hall–Kier alpha value is -2.08. The molecule has 1 amide bonds. The van der Waals surface area contributed by atoms with Crippen LogP contribution in [0.3, 0.4) is 0 Å². The van der Waals surface area contributed by atoms with Crippen LogP contribution in [0.25, 0.3) is 0 Å². The Morgan fingerprint density at radius 1 is 1.33 bits per heavy atom. The van der Waals surface area contributed by atoms with Crippen LogP contribution in [0.4, 0.5) is 5.69 Å². The van der Waals surface area contributed by atoms with Crippen LogP contribution in [0.5, 0.6) is 5.75 Å². The maximum atomic E-state index is 11.5. The van der Waals surface area contributed by atoms with Crippen molar-refractivity contribution in [2.45, 2.75) is 6.42 Å². The van der Waals surface area contributed by atoms with E-state index in [0.29, 0.717) is 18.0 Å². The second-order valence-corrected chi connectivity index (χ2v) is 3.51. The highest BCUT2D eigenvalue weighted by atomic mass is 16.5. The quantitative estimate of drug-likeness (QED) is 0.799. The first-order valence-electron chi connectivity index (χ1n) is 5.28. The first kappa shape index (κ1) is 14.0. The van der Waals surface area contributed by atoms with Gasteiger partial charge in [0.2, 0.25) is 5.91 Å². The number of anilines is 1. The average Bonchev–Trinajstić information content (AvgIpc) is 2.36. The molecule has 1 aromatic carbocycles. The summed E-state index contributed by atoms with van der Waals surface area (Å²) in [5.74, 6) is -0.923. The number of nitrogens with one attached hydrogen (secondary N) is 1. The van der Waals surface area contributed by atoms with Gasteiger partial charge in [0.1, 0.15) is 5.75 Å². The number of hydrogen-bond acceptors (Lipinski definition) is 4. The van der Waals surface area contributed by atoms with E-state index in [-0.39, 0.29) is 17.9 Å². The second-order valence-electron chi connectivity index (χ2n) is 3.51. The number of carboxylic acid groups (broad SMARTS) is 1. The largest absolute Gasteiger partial charge is 0.495 e. The lowest BCUT2D eigenvalue weighted by molar-refractivity contribution is -0.117. The number of carboxylic acids is 1. The summed E-state index contributed by atoms with van der Waals surface area (Å²) < 4.78 is 9.83. The fourth-order valence-electron chi connectivity index (χ4n) is 1.35. The number of carbonyl (C=O) groups is 2. The van der Waals surface area contributed by atoms with Crippen molar-refractivity contribution in [1.82, 2.24) is 0 Å². The molecule has 0 fully saturated rings. The molecule has 1 rings (SSSR count). The standard InChI is InChI=1S/C12H15NO5/c1-17-6-5-11(14)13-9-7-8(12(15)16)3-4-10(9)18-2/h3-4,7H,5-6H2,1-2H3,(H,13,14)(H,15,16). The van der Waals surface area contributed by atoms with Crippen LogP contribution in [0, 0.1) is 0 Å². The highest BCUT2D eigenvalue weighted by molar-refractivity contribution is 5.95. The molecule has 0 unspecified atom stereocenters. The van der Waals surface area contributed by atoms with Gasteiger partial charge in [0.05, 0.1) is 31.4 Å². The van der Waals surface area contributed by atoms with E-state index in [4.69, 9.17) is 14.6 Å². The van der Waals surface area contributed by atoms with Crippen molar-refractivity contribution in [2.24, 2.45) is 0 Å². The zero-order valence-corrected chi connectivity index (χ0v) is 10.2. The van der Waals surface area contributed by atoms with Crippen LogP contribution in [-0.2, 0) is 9.53 Å². The van der Waals surface area contributed by atoms with Crippen molar-refractivity contribution >= 4 is 17.6 Å². The van der Waals surface area contributed by atoms with Crippen LogP contribution < -0.4 is 10.1 Å². The van der Waals surface area contributed by atoms with Crippen molar-refractivity contribution in [3.05, 3.63) is 23.8 Å². The molecule has 0 aliphatic rings. The molecular formula is C12H15NO5. The maximum absolute atomic E-state index is 11.5. The van der Waals surface area contributed by atoms with Crippen LogP contribution in [0.15, 0.2) is 18.2 Å². The van der Waals surface area contributed by atoms with Gasteiger partial charge >= 0.3 is 5.97 Å². The van der Waals surface area contributed by atoms with E-state index < -0.39 is 5.97 Å². The highest BCUT2D eigenvalue weighted by Crippen LogP contribution is 2.25. The molecule has 98 valence electrons. The highest BCUT2D eigenvalue weighted by Gasteiger charge is 2.11. The summed E-state index contributed by atoms with van der Waals surface area (Å²) in [7, 11) is 2.94. The Morgan fingerprint density at radius 2 is 2.06 bits per heavy atom. The fourth-order valence-corrected chi connectivity index (χ4v) is 1.35. The summed E-state index contributed by atoms with van der Waals surface area (Å²) >= 11 is 0. The van der Waals surface area contributed by atoms with Crippen LogP contribution >= 0.6 is 0 Å². The number of benzene rings is 1. The fraction of sp³-hybridized carbons (Fsp3) is 0.333. The number of hydrogen-bond donors (Lipinski definition) is 2. The summed E-state index contributed by atoms with van der Waals surface area (Å²) in [6.07, 6.45) is 0.191. The summed E-state index contributed by atoms with van der Waals surface area (Å²) in [5, 5.41) is 11.5. The number of rotatable bonds is 6. The molecule has 0 spiro atoms. The average molecular weight is 253 g/mol. The van der Waals surface area contributed by atoms with Gasteiger partial charge in [0.25, 0.3) is 0 Å². The lowest BCUT2D eigenvalue weighted by Gasteiger charge is -2.10. The number of ether oxygens (including phenoxy) is 2. The molecule has 0 aliphatic carbocycles. The lowest BCUT2D eigenvalue weighted by atomic mass is 10.2. The first-order chi connectivity index (χ1) is 8.58. The van der Waals surface area contributed by atoms with Gasteiger partial charge < -0.3 is 19.9 Å². The molecule has 0 bridgehead atoms. The number of carbonyl (C=O) groups excluding carboxylic acids is 1. The normalized spacial score (nSPS) is 9.89. The Kier molecular flexibility index (Phi) is 5.13. The molecule has 0 atom stereocenters. The third kappa shape index (κ3) is 3.74. The topological polar surface area (TPSA) is 84.9 Å². The minimum Gasteiger partial charge on any atom is -0.495 e. The first-order valence-corrected chi connectivity index (χ1v) is 5.28. The number of amides is 1. The minimum atomic E-state index is -1.06. The van der Waals surface area contributed by atoms with Gasteiger partial charge in [-0.15, -0.1) is 0 Å². The molecule has 0 saturated heterocycles. The van der Waals surface area contributed by atoms with E-state index in [1.807, 2.05) is 0 Å². The number of aromatic carboxylic acids is 1. The van der Waals surface area contributed by atoms with Gasteiger partial charge in [0.15, 0.2) is 0 Å². The van der Waals surface area contributed by atoms with E-state index in [9.17, 15) is 9.59 Å². The SMILES string of the molecule is COCCC(=O)Nc1cc(C(=O)O)ccc1OC. The predicted molar refractivity (Wildman–Crippen MR) is 65.1 cm³/mol. The zero-order valence-electron chi connectivity index (χ0n) is 10.2. The summed E-state index contributed by atoms with van der Waals surface area (Å²) in [6.45, 7) is 0.298. The molecule has 0 radical (unpaired) electrons. The maximum Gasteiger partial charge on any atom is 0.335 e. The number of methoxy groups -OCH3 is 2. The Bertz CT molecular complexity index is 444. The lowest BCUT2D eigenvalue weighted by Crippen LogP contribution is -2.14. The third-order valence-corrected chi connectivity index (χ3v) is 2.25. The summed E-state index contributed by atoms with van der Waals surface area (Å²) in [6, 6.07) is 4.26. The van der Waals surface area contributed by atoms with Gasteiger partial charge in [-0.05, 0) is 18.2 Å². The predicted octanol–water partition coefficient (Wildman–Crippen LogP) is 1.37. The van der Waals surface area contributed by atoms with Gasteiger partial charge in [-0.2, -0.15) is 0 Å². The van der Waals surface area contributed by atoms with E-state index >= 15 is 0 Å². The summed E-state index contributed by atoms with van der Waals surface area (Å²) in [5.41, 5.74) is 0.413.